The fraction of sp³-hybridized carbons (Fsp3) is 0.181. The minimum absolute atomic E-state index is 0.0404. The van der Waals surface area contributed by atoms with Crippen LogP contribution in [0.3, 0.4) is 0 Å². The number of aromatic hydroxyl groups is 1. The van der Waals surface area contributed by atoms with Crippen molar-refractivity contribution in [2.75, 3.05) is 64.0 Å². The van der Waals surface area contributed by atoms with E-state index in [1.165, 1.54) is 69.1 Å². The van der Waals surface area contributed by atoms with E-state index in [9.17, 15) is 39.3 Å². The SMILES string of the molecule is CC(C)c1ccc2c(-c3ccc(C(=O)N(CCCCCc4c5ccccc5cc5ccccc45)CCCNc4c5ccccc5nc5ccccc45)cc3C(=O)[O-])c3ccc(=[N+](C)C)cc-3oc2c1.O=C(O)c1cc(C(=O)N(CCCCCc2c3ccccc3nc3ccccc23)CCCNc2c3ccccc3nc3ccccc23)ccc1-c1c2ccc(=O)cc-2oc2cc(O)ccc12. The van der Waals surface area contributed by atoms with Gasteiger partial charge < -0.3 is 49.4 Å². The van der Waals surface area contributed by atoms with Crippen molar-refractivity contribution in [3.8, 4) is 50.7 Å². The molecule has 4 N–H and O–H groups in total. The molecule has 3 aromatic heterocycles. The molecule has 18 heteroatoms. The fourth-order valence-corrected chi connectivity index (χ4v) is 19.3. The van der Waals surface area contributed by atoms with E-state index in [1.807, 2.05) is 144 Å². The Bertz CT molecular complexity index is 7840. The van der Waals surface area contributed by atoms with Gasteiger partial charge in [-0.1, -0.05) is 209 Å². The number of unbranched alkanes of at least 4 members (excludes halogenated alkanes) is 4. The number of aromatic nitrogens is 3. The van der Waals surface area contributed by atoms with Crippen molar-refractivity contribution in [3.63, 3.8) is 0 Å². The van der Waals surface area contributed by atoms with E-state index in [0.29, 0.717) is 96.7 Å². The van der Waals surface area contributed by atoms with Crippen molar-refractivity contribution in [3.05, 3.63) is 364 Å². The van der Waals surface area contributed by atoms with Crippen molar-refractivity contribution in [2.45, 2.75) is 84.0 Å². The Morgan fingerprint density at radius 3 is 1.25 bits per heavy atom. The summed E-state index contributed by atoms with van der Waals surface area (Å²) < 4.78 is 14.6. The Labute approximate surface area is 774 Å². The minimum Gasteiger partial charge on any atom is -0.545 e. The molecule has 20 rings (SSSR count). The number of anilines is 2. The first-order chi connectivity index (χ1) is 65.4. The molecule has 2 aliphatic heterocycles. The van der Waals surface area contributed by atoms with Crippen LogP contribution >= 0.6 is 0 Å². The lowest BCUT2D eigenvalue weighted by molar-refractivity contribution is -0.255. The number of hydrogen-bond donors (Lipinski definition) is 4. The maximum Gasteiger partial charge on any atom is 0.336 e. The van der Waals surface area contributed by atoms with E-state index in [-0.39, 0.29) is 56.9 Å². The predicted octanol–water partition coefficient (Wildman–Crippen LogP) is 23.8. The third kappa shape index (κ3) is 18.0. The first kappa shape index (κ1) is 87.4. The molecule has 13 aromatic carbocycles. The summed E-state index contributed by atoms with van der Waals surface area (Å²) in [6.07, 6.45) is 8.33. The minimum atomic E-state index is -1.35. The third-order valence-electron chi connectivity index (χ3n) is 26.0. The molecule has 5 heterocycles. The third-order valence-corrected chi connectivity index (χ3v) is 26.0. The Balaban J connectivity index is 0.000000173. The number of carbonyl (C=O) groups is 4. The predicted molar refractivity (Wildman–Crippen MR) is 539 cm³/mol. The van der Waals surface area contributed by atoms with Crippen LogP contribution in [0.2, 0.25) is 0 Å². The number of aryl methyl sites for hydroxylation is 2. The van der Waals surface area contributed by atoms with Gasteiger partial charge >= 0.3 is 5.97 Å². The lowest BCUT2D eigenvalue weighted by Crippen LogP contribution is -2.34. The number of nitrogens with zero attached hydrogens (tertiary/aromatic N) is 6. The number of aromatic carboxylic acids is 2. The van der Waals surface area contributed by atoms with E-state index in [2.05, 4.69) is 146 Å². The van der Waals surface area contributed by atoms with E-state index in [4.69, 9.17) is 23.8 Å². The summed E-state index contributed by atoms with van der Waals surface area (Å²) in [6.45, 7) is 7.40. The maximum atomic E-state index is 14.9. The maximum absolute atomic E-state index is 14.9. The van der Waals surface area contributed by atoms with Crippen LogP contribution in [-0.4, -0.2) is 112 Å². The molecule has 2 amide bonds. The molecule has 0 radical (unpaired) electrons. The molecule has 4 aliphatic rings. The van der Waals surface area contributed by atoms with Crippen molar-refractivity contribution in [2.24, 2.45) is 0 Å². The molecule has 664 valence electrons. The van der Waals surface area contributed by atoms with Crippen molar-refractivity contribution < 1.29 is 43.3 Å². The zero-order valence-corrected chi connectivity index (χ0v) is 75.2. The van der Waals surface area contributed by atoms with E-state index < -0.39 is 11.9 Å². The number of pyridine rings is 3. The van der Waals surface area contributed by atoms with E-state index in [0.717, 1.165) is 156 Å². The van der Waals surface area contributed by atoms with E-state index >= 15 is 0 Å². The number of phenolic OH excluding ortho intramolecular Hbond substituents is 1. The average Bonchev–Trinajstić information content (AvgIpc) is 0.749. The highest BCUT2D eigenvalue weighted by molar-refractivity contribution is 6.13. The number of carbonyl (C=O) groups excluding carboxylic acids is 3. The summed E-state index contributed by atoms with van der Waals surface area (Å²) in [6, 6.07) is 99.3. The zero-order valence-electron chi connectivity index (χ0n) is 75.2. The summed E-state index contributed by atoms with van der Waals surface area (Å²) >= 11 is 0. The Kier molecular flexibility index (Phi) is 25.2. The first-order valence-corrected chi connectivity index (χ1v) is 46.1. The summed E-state index contributed by atoms with van der Waals surface area (Å²) in [7, 11) is 3.95. The molecular formula is C116H100N8O10. The fourth-order valence-electron chi connectivity index (χ4n) is 19.3. The molecule has 18 nitrogen and oxygen atoms in total. The number of amides is 2. The molecule has 0 saturated carbocycles. The number of phenols is 1. The zero-order chi connectivity index (χ0) is 92.0. The quantitative estimate of drug-likeness (QED) is 0.0193. The Morgan fingerprint density at radius 1 is 0.388 bits per heavy atom. The van der Waals surface area contributed by atoms with Crippen LogP contribution < -0.4 is 31.1 Å². The van der Waals surface area contributed by atoms with Gasteiger partial charge in [0.2, 0.25) is 5.36 Å². The van der Waals surface area contributed by atoms with Gasteiger partial charge in [0.1, 0.15) is 42.5 Å². The molecule has 16 aromatic rings. The van der Waals surface area contributed by atoms with Crippen LogP contribution in [0.1, 0.15) is 129 Å². The Morgan fingerprint density at radius 2 is 0.784 bits per heavy atom. The van der Waals surface area contributed by atoms with Crippen LogP contribution in [0.25, 0.3) is 154 Å². The van der Waals surface area contributed by atoms with Gasteiger partial charge in [-0.25, -0.2) is 24.3 Å². The number of nitrogens with one attached hydrogen (secondary N) is 2. The van der Waals surface area contributed by atoms with Gasteiger partial charge in [0.25, 0.3) is 11.8 Å². The molecule has 134 heavy (non-hydrogen) atoms. The van der Waals surface area contributed by atoms with Crippen molar-refractivity contribution >= 4 is 144 Å². The van der Waals surface area contributed by atoms with Gasteiger partial charge in [-0.15, -0.1) is 0 Å². The molecule has 0 spiro atoms. The normalized spacial score (nSPS) is 11.6. The molecule has 2 aliphatic carbocycles. The summed E-state index contributed by atoms with van der Waals surface area (Å²) in [5, 5.41) is 55.4. The molecular weight excluding hydrogens is 1670 g/mol. The number of para-hydroxylation sites is 6. The molecule has 0 unspecified atom stereocenters. The van der Waals surface area contributed by atoms with Gasteiger partial charge in [-0.3, -0.25) is 14.4 Å². The second-order valence-electron chi connectivity index (χ2n) is 35.1. The number of hydrogen-bond acceptors (Lipinski definition) is 14. The van der Waals surface area contributed by atoms with Crippen molar-refractivity contribution in [1.82, 2.24) is 29.3 Å². The highest BCUT2D eigenvalue weighted by atomic mass is 16.4. The van der Waals surface area contributed by atoms with Crippen LogP contribution in [0.15, 0.2) is 323 Å². The van der Waals surface area contributed by atoms with Crippen molar-refractivity contribution in [1.29, 1.82) is 0 Å². The number of benzene rings is 15. The molecule has 0 saturated heterocycles. The number of rotatable bonds is 29. The lowest BCUT2D eigenvalue weighted by Gasteiger charge is -2.25. The second kappa shape index (κ2) is 38.6. The van der Waals surface area contributed by atoms with Crippen LogP contribution in [-0.2, 0) is 12.8 Å². The number of fused-ring (bicyclic) bond motifs is 12. The standard InChI is InChI=1S/C61H56N4O4.C55H44N4O6/c1-39(2)40-26-30-51-56(37-40)69-57-38-44(64(3)4)28-31-52(57)58(51)48-29-27-43(36-53(48)61(67)68)60(66)65(34-16-32-62-59-49-22-11-13-24-54(49)63-55-25-14-12-23-50(55)59)33-15-5-6-21-47-45-19-9-7-17-41(45)35-42-18-8-10-20-46(42)47;60-35-23-26-43-50(32-35)65-51-33-36(61)24-27-44(51)52(43)40-25-22-34(31-45(40)55(63)64)54(62)59(30-12-28-56-53-41-16-5-9-20-48(41)58-49-21-10-6-17-42(49)53)29-11-1-2-13-37-38-14-3-7-18-46(38)57-47-19-8-4-15-39(37)47/h7-14,17-20,22-31,35-39H,5-6,15-16,21,32-34H2,1-4H3,(H-,62,63,67,68);3-10,14-27,31-33,60H,1-2,11-13,28-30H2,(H,56,58)(H,63,64). The summed E-state index contributed by atoms with van der Waals surface area (Å²) in [5.41, 5.74) is 15.9. The monoisotopic (exact) mass is 1760 g/mol. The topological polar surface area (TPSA) is 247 Å². The second-order valence-corrected chi connectivity index (χ2v) is 35.1. The van der Waals surface area contributed by atoms with Gasteiger partial charge in [0.15, 0.2) is 5.43 Å². The van der Waals surface area contributed by atoms with Gasteiger partial charge in [0.05, 0.1) is 62.1 Å². The summed E-state index contributed by atoms with van der Waals surface area (Å²) in [4.78, 5) is 86.7. The number of carboxylic acid groups (broad SMARTS) is 2. The van der Waals surface area contributed by atoms with Crippen LogP contribution in [0.5, 0.6) is 5.75 Å². The van der Waals surface area contributed by atoms with Gasteiger partial charge in [0, 0.05) is 140 Å². The number of carboxylic acids is 2. The molecule has 0 bridgehead atoms. The smallest absolute Gasteiger partial charge is 0.336 e. The lowest BCUT2D eigenvalue weighted by atomic mass is 9.89. The van der Waals surface area contributed by atoms with E-state index in [1.54, 1.807) is 36.4 Å². The van der Waals surface area contributed by atoms with Crippen LogP contribution in [0, 0.1) is 0 Å². The van der Waals surface area contributed by atoms with Gasteiger partial charge in [-0.05, 0) is 210 Å². The largest absolute Gasteiger partial charge is 0.545 e. The highest BCUT2D eigenvalue weighted by Crippen LogP contribution is 2.46. The van der Waals surface area contributed by atoms with Crippen LogP contribution in [0.4, 0.5) is 11.4 Å². The first-order valence-electron chi connectivity index (χ1n) is 46.1. The molecule has 0 atom stereocenters. The molecule has 0 fully saturated rings. The van der Waals surface area contributed by atoms with Gasteiger partial charge in [-0.2, -0.15) is 0 Å². The Hall–Kier alpha value is -16.0. The average molecular weight is 1770 g/mol. The highest BCUT2D eigenvalue weighted by Gasteiger charge is 2.29. The summed E-state index contributed by atoms with van der Waals surface area (Å²) in [5.74, 6) is -1.92.